The van der Waals surface area contributed by atoms with Gasteiger partial charge < -0.3 is 0 Å². The summed E-state index contributed by atoms with van der Waals surface area (Å²) in [4.78, 5) is 33.6. The third kappa shape index (κ3) is 3.66. The van der Waals surface area contributed by atoms with Crippen LogP contribution in [-0.2, 0) is 9.59 Å². The number of hydrogen-bond acceptors (Lipinski definition) is 5. The lowest BCUT2D eigenvalue weighted by Crippen LogP contribution is -2.23. The molecule has 0 radical (unpaired) electrons. The smallest absolute Gasteiger partial charge is 0.269 e. The Morgan fingerprint density at radius 3 is 2.28 bits per heavy atom. The highest BCUT2D eigenvalue weighted by molar-refractivity contribution is 8.01. The summed E-state index contributed by atoms with van der Waals surface area (Å²) in [5, 5.41) is 9.76. The summed E-state index contributed by atoms with van der Waals surface area (Å²) >= 11 is 1.13. The van der Waals surface area contributed by atoms with Gasteiger partial charge in [0, 0.05) is 23.4 Å². The number of benzene rings is 1. The number of Topliss-reactive ketones (excluding diaryl/α,β-unsaturated/α-hetero) is 2. The van der Waals surface area contributed by atoms with E-state index in [4.69, 9.17) is 0 Å². The van der Waals surface area contributed by atoms with Crippen LogP contribution in [0.4, 0.5) is 5.69 Å². The van der Waals surface area contributed by atoms with Crippen molar-refractivity contribution < 1.29 is 14.5 Å². The highest BCUT2D eigenvalue weighted by Gasteiger charge is 2.22. The van der Waals surface area contributed by atoms with E-state index in [1.807, 2.05) is 0 Å². The van der Waals surface area contributed by atoms with Crippen molar-refractivity contribution in [3.05, 3.63) is 34.4 Å². The molecule has 18 heavy (non-hydrogen) atoms. The van der Waals surface area contributed by atoms with Crippen LogP contribution in [0.25, 0.3) is 0 Å². The first-order chi connectivity index (χ1) is 8.45. The summed E-state index contributed by atoms with van der Waals surface area (Å²) in [5.74, 6) is -0.337. The predicted octanol–water partition coefficient (Wildman–Crippen LogP) is 2.62. The van der Waals surface area contributed by atoms with E-state index in [1.165, 1.54) is 19.1 Å². The Morgan fingerprint density at radius 1 is 1.33 bits per heavy atom. The lowest BCUT2D eigenvalue weighted by Gasteiger charge is -2.10. The summed E-state index contributed by atoms with van der Waals surface area (Å²) in [7, 11) is 0. The topological polar surface area (TPSA) is 77.3 Å². The zero-order chi connectivity index (χ0) is 13.7. The molecule has 0 fully saturated rings. The van der Waals surface area contributed by atoms with E-state index >= 15 is 0 Å². The van der Waals surface area contributed by atoms with Gasteiger partial charge in [-0.15, -0.1) is 11.8 Å². The molecule has 0 amide bonds. The van der Waals surface area contributed by atoms with Crippen molar-refractivity contribution in [3.8, 4) is 0 Å². The lowest BCUT2D eigenvalue weighted by molar-refractivity contribution is -0.384. The molecule has 1 atom stereocenters. The van der Waals surface area contributed by atoms with E-state index in [2.05, 4.69) is 0 Å². The molecule has 0 unspecified atom stereocenters. The normalized spacial score (nSPS) is 11.9. The van der Waals surface area contributed by atoms with Crippen LogP contribution < -0.4 is 0 Å². The maximum Gasteiger partial charge on any atom is 0.269 e. The van der Waals surface area contributed by atoms with Gasteiger partial charge in [0.2, 0.25) is 0 Å². The summed E-state index contributed by atoms with van der Waals surface area (Å²) in [6, 6.07) is 5.80. The molecule has 0 heterocycles. The average molecular weight is 267 g/mol. The highest BCUT2D eigenvalue weighted by Crippen LogP contribution is 2.27. The summed E-state index contributed by atoms with van der Waals surface area (Å²) in [6.07, 6.45) is 0.296. The van der Waals surface area contributed by atoms with Crippen LogP contribution in [0.1, 0.15) is 20.3 Å². The lowest BCUT2D eigenvalue weighted by atomic mass is 10.2. The number of ketones is 2. The third-order valence-corrected chi connectivity index (χ3v) is 3.69. The fourth-order valence-electron chi connectivity index (χ4n) is 1.34. The molecule has 0 N–H and O–H groups in total. The molecule has 96 valence electrons. The molecule has 1 aromatic rings. The van der Waals surface area contributed by atoms with Gasteiger partial charge in [-0.05, 0) is 19.1 Å². The molecule has 6 heteroatoms. The Kier molecular flexibility index (Phi) is 5.03. The van der Waals surface area contributed by atoms with Crippen LogP contribution in [0.3, 0.4) is 0 Å². The average Bonchev–Trinajstić information content (AvgIpc) is 2.35. The standard InChI is InChI=1S/C12H13NO4S/c1-3-11(15)12(8(2)14)18-10-6-4-9(5-7-10)13(16)17/h4-7,12H,3H2,1-2H3/t12-/m1/s1. The maximum absolute atomic E-state index is 11.6. The van der Waals surface area contributed by atoms with Crippen LogP contribution in [0.5, 0.6) is 0 Å². The Bertz CT molecular complexity index is 469. The number of thioether (sulfide) groups is 1. The molecule has 0 bridgehead atoms. The van der Waals surface area contributed by atoms with E-state index in [9.17, 15) is 19.7 Å². The summed E-state index contributed by atoms with van der Waals surface area (Å²) in [6.45, 7) is 3.07. The number of nitro benzene ring substituents is 1. The van der Waals surface area contributed by atoms with E-state index in [-0.39, 0.29) is 17.3 Å². The van der Waals surface area contributed by atoms with Gasteiger partial charge >= 0.3 is 0 Å². The van der Waals surface area contributed by atoms with E-state index in [0.29, 0.717) is 11.3 Å². The van der Waals surface area contributed by atoms with Gasteiger partial charge in [0.1, 0.15) is 5.25 Å². The third-order valence-electron chi connectivity index (χ3n) is 2.31. The molecule has 0 saturated carbocycles. The number of rotatable bonds is 6. The van der Waals surface area contributed by atoms with Crippen molar-refractivity contribution in [3.63, 3.8) is 0 Å². The van der Waals surface area contributed by atoms with E-state index < -0.39 is 10.2 Å². The van der Waals surface area contributed by atoms with Crippen molar-refractivity contribution in [2.75, 3.05) is 0 Å². The molecule has 0 aliphatic heterocycles. The molecular weight excluding hydrogens is 254 g/mol. The second kappa shape index (κ2) is 6.30. The minimum Gasteiger partial charge on any atom is -0.298 e. The molecule has 0 saturated heterocycles. The number of nitrogens with zero attached hydrogens (tertiary/aromatic N) is 1. The number of carbonyl (C=O) groups is 2. The molecule has 0 aliphatic rings. The number of non-ortho nitro benzene ring substituents is 1. The second-order valence-electron chi connectivity index (χ2n) is 3.68. The van der Waals surface area contributed by atoms with E-state index in [1.54, 1.807) is 19.1 Å². The first-order valence-electron chi connectivity index (χ1n) is 5.40. The van der Waals surface area contributed by atoms with Gasteiger partial charge in [-0.1, -0.05) is 6.92 Å². The van der Waals surface area contributed by atoms with Crippen molar-refractivity contribution in [2.24, 2.45) is 0 Å². The number of carbonyl (C=O) groups excluding carboxylic acids is 2. The predicted molar refractivity (Wildman–Crippen MR) is 68.7 cm³/mol. The molecule has 0 aromatic heterocycles. The van der Waals surface area contributed by atoms with Crippen molar-refractivity contribution in [2.45, 2.75) is 30.4 Å². The summed E-state index contributed by atoms with van der Waals surface area (Å²) < 4.78 is 0. The van der Waals surface area contributed by atoms with Gasteiger partial charge in [0.25, 0.3) is 5.69 Å². The van der Waals surface area contributed by atoms with Gasteiger partial charge in [-0.25, -0.2) is 0 Å². The summed E-state index contributed by atoms with van der Waals surface area (Å²) in [5.41, 5.74) is -0.0134. The van der Waals surface area contributed by atoms with Gasteiger partial charge in [0.15, 0.2) is 11.6 Å². The Morgan fingerprint density at radius 2 is 1.89 bits per heavy atom. The SMILES string of the molecule is CCC(=O)[C@H](Sc1ccc([N+](=O)[O-])cc1)C(C)=O. The minimum absolute atomic E-state index is 0.0134. The van der Waals surface area contributed by atoms with Gasteiger partial charge in [-0.2, -0.15) is 0 Å². The maximum atomic E-state index is 11.6. The molecule has 0 spiro atoms. The molecule has 5 nitrogen and oxygen atoms in total. The second-order valence-corrected chi connectivity index (χ2v) is 4.86. The highest BCUT2D eigenvalue weighted by atomic mass is 32.2. The number of nitro groups is 1. The van der Waals surface area contributed by atoms with Crippen LogP contribution in [0.2, 0.25) is 0 Å². The zero-order valence-corrected chi connectivity index (χ0v) is 10.9. The number of hydrogen-bond donors (Lipinski definition) is 0. The van der Waals surface area contributed by atoms with Crippen molar-refractivity contribution in [1.82, 2.24) is 0 Å². The van der Waals surface area contributed by atoms with Gasteiger partial charge in [-0.3, -0.25) is 19.7 Å². The largest absolute Gasteiger partial charge is 0.298 e. The Balaban J connectivity index is 2.85. The fourth-order valence-corrected chi connectivity index (χ4v) is 2.37. The van der Waals surface area contributed by atoms with Crippen LogP contribution in [0.15, 0.2) is 29.2 Å². The molecule has 1 rings (SSSR count). The molecule has 0 aliphatic carbocycles. The quantitative estimate of drug-likeness (QED) is 0.342. The minimum atomic E-state index is -0.726. The molecule has 1 aromatic carbocycles. The van der Waals surface area contributed by atoms with E-state index in [0.717, 1.165) is 11.8 Å². The Hall–Kier alpha value is -1.69. The first kappa shape index (κ1) is 14.4. The van der Waals surface area contributed by atoms with Crippen molar-refractivity contribution in [1.29, 1.82) is 0 Å². The van der Waals surface area contributed by atoms with Crippen LogP contribution in [0, 0.1) is 10.1 Å². The van der Waals surface area contributed by atoms with Crippen LogP contribution in [-0.4, -0.2) is 21.7 Å². The van der Waals surface area contributed by atoms with Gasteiger partial charge in [0.05, 0.1) is 4.92 Å². The fraction of sp³-hybridized carbons (Fsp3) is 0.333. The Labute approximate surface area is 109 Å². The van der Waals surface area contributed by atoms with Crippen LogP contribution >= 0.6 is 11.8 Å². The zero-order valence-electron chi connectivity index (χ0n) is 10.1. The monoisotopic (exact) mass is 267 g/mol. The molecular formula is C12H13NO4S. The van der Waals surface area contributed by atoms with Crippen molar-refractivity contribution >= 4 is 29.0 Å². The first-order valence-corrected chi connectivity index (χ1v) is 6.28.